The fraction of sp³-hybridized carbons (Fsp3) is 0.412. The topological polar surface area (TPSA) is 51.2 Å². The molecule has 0 bridgehead atoms. The lowest BCUT2D eigenvalue weighted by atomic mass is 10.1. The van der Waals surface area contributed by atoms with Crippen LogP contribution in [-0.4, -0.2) is 37.1 Å². The molecule has 0 atom stereocenters. The SMILES string of the molecule is COC1=CC=C(N(CCO)Cc2ccc3c(c2)OCO3)CC1. The molecule has 5 nitrogen and oxygen atoms in total. The summed E-state index contributed by atoms with van der Waals surface area (Å²) in [7, 11) is 1.70. The molecule has 1 aromatic carbocycles. The van der Waals surface area contributed by atoms with E-state index in [0.717, 1.165) is 42.2 Å². The zero-order chi connectivity index (χ0) is 15.4. The predicted molar refractivity (Wildman–Crippen MR) is 82.5 cm³/mol. The van der Waals surface area contributed by atoms with Crippen molar-refractivity contribution < 1.29 is 19.3 Å². The van der Waals surface area contributed by atoms with E-state index in [0.29, 0.717) is 6.54 Å². The lowest BCUT2D eigenvalue weighted by molar-refractivity contribution is 0.174. The highest BCUT2D eigenvalue weighted by molar-refractivity contribution is 5.44. The predicted octanol–water partition coefficient (Wildman–Crippen LogP) is 2.42. The maximum Gasteiger partial charge on any atom is 0.231 e. The van der Waals surface area contributed by atoms with Gasteiger partial charge in [0.2, 0.25) is 6.79 Å². The third kappa shape index (κ3) is 3.20. The highest BCUT2D eigenvalue weighted by Gasteiger charge is 2.17. The van der Waals surface area contributed by atoms with E-state index in [2.05, 4.69) is 11.0 Å². The van der Waals surface area contributed by atoms with E-state index in [1.54, 1.807) is 7.11 Å². The number of benzene rings is 1. The molecule has 1 N–H and O–H groups in total. The van der Waals surface area contributed by atoms with Crippen molar-refractivity contribution in [3.05, 3.63) is 47.4 Å². The second-order valence-corrected chi connectivity index (χ2v) is 5.33. The number of allylic oxidation sites excluding steroid dienone is 4. The van der Waals surface area contributed by atoms with Gasteiger partial charge in [-0.3, -0.25) is 0 Å². The van der Waals surface area contributed by atoms with Crippen molar-refractivity contribution >= 4 is 0 Å². The molecule has 1 heterocycles. The van der Waals surface area contributed by atoms with Crippen LogP contribution in [0, 0.1) is 0 Å². The summed E-state index contributed by atoms with van der Waals surface area (Å²) < 4.78 is 16.0. The molecule has 0 fully saturated rings. The summed E-state index contributed by atoms with van der Waals surface area (Å²) in [6.45, 7) is 1.76. The summed E-state index contributed by atoms with van der Waals surface area (Å²) in [4.78, 5) is 2.19. The number of methoxy groups -OCH3 is 1. The zero-order valence-electron chi connectivity index (χ0n) is 12.7. The number of nitrogens with zero attached hydrogens (tertiary/aromatic N) is 1. The number of rotatable bonds is 6. The van der Waals surface area contributed by atoms with Gasteiger partial charge in [-0.25, -0.2) is 0 Å². The fourth-order valence-corrected chi connectivity index (χ4v) is 2.75. The van der Waals surface area contributed by atoms with Gasteiger partial charge < -0.3 is 24.2 Å². The molecule has 0 aromatic heterocycles. The van der Waals surface area contributed by atoms with Crippen LogP contribution < -0.4 is 9.47 Å². The number of fused-ring (bicyclic) bond motifs is 1. The normalized spacial score (nSPS) is 16.1. The van der Waals surface area contributed by atoms with E-state index < -0.39 is 0 Å². The van der Waals surface area contributed by atoms with E-state index in [1.807, 2.05) is 24.3 Å². The zero-order valence-corrected chi connectivity index (χ0v) is 12.7. The van der Waals surface area contributed by atoms with E-state index in [1.165, 1.54) is 5.70 Å². The van der Waals surface area contributed by atoms with E-state index in [4.69, 9.17) is 14.2 Å². The molecular weight excluding hydrogens is 282 g/mol. The van der Waals surface area contributed by atoms with Crippen LogP contribution in [-0.2, 0) is 11.3 Å². The van der Waals surface area contributed by atoms with Crippen molar-refractivity contribution in [1.29, 1.82) is 0 Å². The van der Waals surface area contributed by atoms with Crippen molar-refractivity contribution in [2.45, 2.75) is 19.4 Å². The van der Waals surface area contributed by atoms with Gasteiger partial charge in [0, 0.05) is 25.2 Å². The first-order valence-corrected chi connectivity index (χ1v) is 7.48. The number of aliphatic hydroxyl groups excluding tert-OH is 1. The molecule has 5 heteroatoms. The minimum absolute atomic E-state index is 0.128. The average molecular weight is 303 g/mol. The second-order valence-electron chi connectivity index (χ2n) is 5.33. The quantitative estimate of drug-likeness (QED) is 0.874. The minimum Gasteiger partial charge on any atom is -0.501 e. The minimum atomic E-state index is 0.128. The Labute approximate surface area is 130 Å². The molecule has 0 radical (unpaired) electrons. The Morgan fingerprint density at radius 3 is 2.77 bits per heavy atom. The van der Waals surface area contributed by atoms with Crippen LogP contribution in [0.25, 0.3) is 0 Å². The number of aliphatic hydroxyl groups is 1. The molecule has 1 aliphatic carbocycles. The number of hydrogen-bond donors (Lipinski definition) is 1. The smallest absolute Gasteiger partial charge is 0.231 e. The summed E-state index contributed by atoms with van der Waals surface area (Å²) in [5.41, 5.74) is 2.35. The second kappa shape index (κ2) is 6.75. The molecular formula is C17H21NO4. The maximum atomic E-state index is 9.34. The molecule has 0 saturated carbocycles. The standard InChI is InChI=1S/C17H21NO4/c1-20-15-5-3-14(4-6-15)18(8-9-19)11-13-2-7-16-17(10-13)22-12-21-16/h2-3,5,7,10,19H,4,6,8-9,11-12H2,1H3. The Bertz CT molecular complexity index is 594. The van der Waals surface area contributed by atoms with Crippen molar-refractivity contribution in [2.75, 3.05) is 27.1 Å². The number of ether oxygens (including phenoxy) is 3. The summed E-state index contributed by atoms with van der Waals surface area (Å²) in [6.07, 6.45) is 5.89. The van der Waals surface area contributed by atoms with Gasteiger partial charge in [0.05, 0.1) is 19.5 Å². The molecule has 1 aliphatic heterocycles. The van der Waals surface area contributed by atoms with Gasteiger partial charge in [0.1, 0.15) is 0 Å². The fourth-order valence-electron chi connectivity index (χ4n) is 2.75. The first kappa shape index (κ1) is 14.8. The summed E-state index contributed by atoms with van der Waals surface area (Å²) in [5.74, 6) is 2.58. The molecule has 22 heavy (non-hydrogen) atoms. The van der Waals surface area contributed by atoms with Crippen LogP contribution in [0.15, 0.2) is 41.8 Å². The highest BCUT2D eigenvalue weighted by Crippen LogP contribution is 2.33. The Morgan fingerprint density at radius 2 is 2.05 bits per heavy atom. The number of hydrogen-bond acceptors (Lipinski definition) is 5. The Balaban J connectivity index is 1.74. The lowest BCUT2D eigenvalue weighted by Gasteiger charge is -2.28. The van der Waals surface area contributed by atoms with Crippen molar-refractivity contribution in [3.63, 3.8) is 0 Å². The summed E-state index contributed by atoms with van der Waals surface area (Å²) in [5, 5.41) is 9.34. The van der Waals surface area contributed by atoms with Gasteiger partial charge in [-0.2, -0.15) is 0 Å². The third-order valence-corrected chi connectivity index (χ3v) is 3.94. The third-order valence-electron chi connectivity index (χ3n) is 3.94. The Hall–Kier alpha value is -2.14. The molecule has 118 valence electrons. The van der Waals surface area contributed by atoms with Crippen LogP contribution in [0.5, 0.6) is 11.5 Å². The Morgan fingerprint density at radius 1 is 1.18 bits per heavy atom. The van der Waals surface area contributed by atoms with E-state index >= 15 is 0 Å². The van der Waals surface area contributed by atoms with Gasteiger partial charge in [-0.1, -0.05) is 6.07 Å². The van der Waals surface area contributed by atoms with Crippen LogP contribution in [0.1, 0.15) is 18.4 Å². The molecule has 2 aliphatic rings. The van der Waals surface area contributed by atoms with Gasteiger partial charge in [-0.15, -0.1) is 0 Å². The lowest BCUT2D eigenvalue weighted by Crippen LogP contribution is -2.26. The molecule has 3 rings (SSSR count). The van der Waals surface area contributed by atoms with Crippen LogP contribution in [0.4, 0.5) is 0 Å². The summed E-state index contributed by atoms with van der Waals surface area (Å²) in [6, 6.07) is 5.98. The molecule has 1 aromatic rings. The average Bonchev–Trinajstić information content (AvgIpc) is 3.02. The molecule has 0 spiro atoms. The van der Waals surface area contributed by atoms with Gasteiger partial charge >= 0.3 is 0 Å². The van der Waals surface area contributed by atoms with E-state index in [9.17, 15) is 5.11 Å². The van der Waals surface area contributed by atoms with Crippen LogP contribution >= 0.6 is 0 Å². The molecule has 0 saturated heterocycles. The van der Waals surface area contributed by atoms with Gasteiger partial charge in [0.15, 0.2) is 11.5 Å². The van der Waals surface area contributed by atoms with Gasteiger partial charge in [0.25, 0.3) is 0 Å². The van der Waals surface area contributed by atoms with Crippen molar-refractivity contribution in [3.8, 4) is 11.5 Å². The monoisotopic (exact) mass is 303 g/mol. The summed E-state index contributed by atoms with van der Waals surface area (Å²) >= 11 is 0. The Kier molecular flexibility index (Phi) is 4.53. The van der Waals surface area contributed by atoms with E-state index in [-0.39, 0.29) is 13.4 Å². The largest absolute Gasteiger partial charge is 0.501 e. The van der Waals surface area contributed by atoms with Crippen LogP contribution in [0.2, 0.25) is 0 Å². The van der Waals surface area contributed by atoms with Crippen LogP contribution in [0.3, 0.4) is 0 Å². The first-order chi connectivity index (χ1) is 10.8. The highest BCUT2D eigenvalue weighted by atomic mass is 16.7. The van der Waals surface area contributed by atoms with Gasteiger partial charge in [-0.05, 0) is 36.3 Å². The first-order valence-electron chi connectivity index (χ1n) is 7.48. The van der Waals surface area contributed by atoms with Crippen molar-refractivity contribution in [1.82, 2.24) is 4.90 Å². The maximum absolute atomic E-state index is 9.34. The molecule has 0 amide bonds. The molecule has 0 unspecified atom stereocenters. The van der Waals surface area contributed by atoms with Crippen molar-refractivity contribution in [2.24, 2.45) is 0 Å².